The zero-order valence-corrected chi connectivity index (χ0v) is 13.1. The van der Waals surface area contributed by atoms with Crippen molar-refractivity contribution in [1.82, 2.24) is 4.90 Å². The number of halogens is 1. The number of hydrogen-bond acceptors (Lipinski definition) is 2. The second-order valence-corrected chi connectivity index (χ2v) is 6.09. The van der Waals surface area contributed by atoms with Crippen LogP contribution in [0.4, 0.5) is 0 Å². The minimum Gasteiger partial charge on any atom is -0.342 e. The number of amides is 1. The highest BCUT2D eigenvalue weighted by Crippen LogP contribution is 2.28. The molecule has 0 spiro atoms. The van der Waals surface area contributed by atoms with Crippen molar-refractivity contribution >= 4 is 18.3 Å². The molecule has 1 saturated heterocycles. The van der Waals surface area contributed by atoms with Gasteiger partial charge in [-0.25, -0.2) is 0 Å². The van der Waals surface area contributed by atoms with Gasteiger partial charge in [0.25, 0.3) is 0 Å². The van der Waals surface area contributed by atoms with Crippen molar-refractivity contribution in [2.24, 2.45) is 17.1 Å². The van der Waals surface area contributed by atoms with Gasteiger partial charge in [0.1, 0.15) is 0 Å². The fraction of sp³-hybridized carbons (Fsp3) is 0.929. The number of carbonyl (C=O) groups is 1. The van der Waals surface area contributed by atoms with Crippen LogP contribution < -0.4 is 5.73 Å². The summed E-state index contributed by atoms with van der Waals surface area (Å²) in [5, 5.41) is 0. The second kappa shape index (κ2) is 7.34. The first kappa shape index (κ1) is 17.7. The van der Waals surface area contributed by atoms with E-state index in [1.807, 2.05) is 4.90 Å². The number of nitrogens with two attached hydrogens (primary N) is 1. The zero-order valence-electron chi connectivity index (χ0n) is 12.2. The maximum atomic E-state index is 12.2. The summed E-state index contributed by atoms with van der Waals surface area (Å²) >= 11 is 0. The highest BCUT2D eigenvalue weighted by atomic mass is 35.5. The first-order valence-corrected chi connectivity index (χ1v) is 6.94. The largest absolute Gasteiger partial charge is 0.342 e. The molecule has 0 aromatic rings. The molecule has 0 saturated carbocycles. The molecule has 1 fully saturated rings. The summed E-state index contributed by atoms with van der Waals surface area (Å²) in [5.41, 5.74) is 6.15. The summed E-state index contributed by atoms with van der Waals surface area (Å²) in [6.45, 7) is 10.3. The van der Waals surface area contributed by atoms with Crippen LogP contribution in [0.5, 0.6) is 0 Å². The van der Waals surface area contributed by atoms with E-state index in [1.54, 1.807) is 0 Å². The quantitative estimate of drug-likeness (QED) is 0.858. The third kappa shape index (κ3) is 4.43. The van der Waals surface area contributed by atoms with Crippen LogP contribution in [0.3, 0.4) is 0 Å². The number of hydrogen-bond donors (Lipinski definition) is 1. The Morgan fingerprint density at radius 2 is 1.94 bits per heavy atom. The maximum absolute atomic E-state index is 12.2. The molecule has 1 unspecified atom stereocenters. The summed E-state index contributed by atoms with van der Waals surface area (Å²) in [6.07, 6.45) is 3.83. The molecule has 1 aliphatic rings. The van der Waals surface area contributed by atoms with E-state index in [0.29, 0.717) is 18.2 Å². The number of rotatable bonds is 4. The minimum absolute atomic E-state index is 0. The molecule has 108 valence electrons. The lowest BCUT2D eigenvalue weighted by atomic mass is 9.79. The normalized spacial score (nSPS) is 22.8. The van der Waals surface area contributed by atoms with E-state index in [0.717, 1.165) is 32.4 Å². The van der Waals surface area contributed by atoms with Crippen molar-refractivity contribution < 1.29 is 4.79 Å². The molecule has 18 heavy (non-hydrogen) atoms. The monoisotopic (exact) mass is 276 g/mol. The average Bonchev–Trinajstić information content (AvgIpc) is 2.29. The van der Waals surface area contributed by atoms with Crippen LogP contribution in [0.2, 0.25) is 0 Å². The van der Waals surface area contributed by atoms with Crippen LogP contribution in [-0.2, 0) is 4.79 Å². The van der Waals surface area contributed by atoms with Gasteiger partial charge in [0.05, 0.1) is 0 Å². The van der Waals surface area contributed by atoms with Gasteiger partial charge in [0.2, 0.25) is 5.91 Å². The van der Waals surface area contributed by atoms with Crippen LogP contribution in [0.1, 0.15) is 53.4 Å². The Morgan fingerprint density at radius 3 is 2.39 bits per heavy atom. The molecular weight excluding hydrogens is 248 g/mol. The molecule has 0 aliphatic carbocycles. The van der Waals surface area contributed by atoms with E-state index in [4.69, 9.17) is 5.73 Å². The van der Waals surface area contributed by atoms with Crippen LogP contribution in [0, 0.1) is 11.3 Å². The van der Waals surface area contributed by atoms with Crippen LogP contribution in [-0.4, -0.2) is 29.9 Å². The second-order valence-electron chi connectivity index (χ2n) is 6.09. The van der Waals surface area contributed by atoms with E-state index in [-0.39, 0.29) is 23.9 Å². The van der Waals surface area contributed by atoms with Crippen LogP contribution in [0.25, 0.3) is 0 Å². The van der Waals surface area contributed by atoms with Gasteiger partial charge in [-0.3, -0.25) is 4.79 Å². The Balaban J connectivity index is 0.00000289. The molecule has 0 bridgehead atoms. The van der Waals surface area contributed by atoms with E-state index in [2.05, 4.69) is 27.7 Å². The summed E-state index contributed by atoms with van der Waals surface area (Å²) in [6, 6.07) is 0.222. The Labute approximate surface area is 118 Å². The lowest BCUT2D eigenvalue weighted by molar-refractivity contribution is -0.135. The van der Waals surface area contributed by atoms with Crippen molar-refractivity contribution in [3.8, 4) is 0 Å². The van der Waals surface area contributed by atoms with Gasteiger partial charge in [-0.1, -0.05) is 40.5 Å². The molecule has 0 aromatic carbocycles. The SMILES string of the molecule is CCC(CC)CC(=O)N1CCC(N)C(C)(C)C1.Cl. The summed E-state index contributed by atoms with van der Waals surface area (Å²) < 4.78 is 0. The van der Waals surface area contributed by atoms with Gasteiger partial charge in [-0.05, 0) is 17.8 Å². The van der Waals surface area contributed by atoms with Gasteiger partial charge in [-0.15, -0.1) is 12.4 Å². The zero-order chi connectivity index (χ0) is 13.1. The molecule has 4 heteroatoms. The fourth-order valence-electron chi connectivity index (χ4n) is 2.54. The van der Waals surface area contributed by atoms with Gasteiger partial charge in [0.15, 0.2) is 0 Å². The van der Waals surface area contributed by atoms with Crippen molar-refractivity contribution in [1.29, 1.82) is 0 Å². The predicted octanol–water partition coefficient (Wildman–Crippen LogP) is 2.82. The molecule has 1 aliphatic heterocycles. The summed E-state index contributed by atoms with van der Waals surface area (Å²) in [7, 11) is 0. The molecule has 1 rings (SSSR count). The number of likely N-dealkylation sites (tertiary alicyclic amines) is 1. The van der Waals surface area contributed by atoms with Gasteiger partial charge in [0, 0.05) is 25.6 Å². The standard InChI is InChI=1S/C14H28N2O.ClH/c1-5-11(6-2)9-13(17)16-8-7-12(15)14(3,4)10-16;/h11-12H,5-10,15H2,1-4H3;1H. The highest BCUT2D eigenvalue weighted by molar-refractivity contribution is 5.85. The van der Waals surface area contributed by atoms with Crippen molar-refractivity contribution in [3.05, 3.63) is 0 Å². The van der Waals surface area contributed by atoms with E-state index >= 15 is 0 Å². The minimum atomic E-state index is 0. The smallest absolute Gasteiger partial charge is 0.222 e. The van der Waals surface area contributed by atoms with E-state index in [9.17, 15) is 4.79 Å². The van der Waals surface area contributed by atoms with Gasteiger partial charge < -0.3 is 10.6 Å². The Bertz CT molecular complexity index is 265. The van der Waals surface area contributed by atoms with Crippen molar-refractivity contribution in [2.45, 2.75) is 59.4 Å². The molecule has 0 radical (unpaired) electrons. The van der Waals surface area contributed by atoms with Crippen LogP contribution >= 0.6 is 12.4 Å². The third-order valence-electron chi connectivity index (χ3n) is 4.28. The predicted molar refractivity (Wildman–Crippen MR) is 78.9 cm³/mol. The van der Waals surface area contributed by atoms with E-state index < -0.39 is 0 Å². The molecular formula is C14H29ClN2O. The molecule has 2 N–H and O–H groups in total. The molecule has 0 aromatic heterocycles. The first-order chi connectivity index (χ1) is 7.90. The van der Waals surface area contributed by atoms with E-state index in [1.165, 1.54) is 0 Å². The maximum Gasteiger partial charge on any atom is 0.222 e. The van der Waals surface area contributed by atoms with Gasteiger partial charge >= 0.3 is 0 Å². The topological polar surface area (TPSA) is 46.3 Å². The number of piperidine rings is 1. The summed E-state index contributed by atoms with van der Waals surface area (Å²) in [4.78, 5) is 14.2. The fourth-order valence-corrected chi connectivity index (χ4v) is 2.54. The molecule has 3 nitrogen and oxygen atoms in total. The lowest BCUT2D eigenvalue weighted by Gasteiger charge is -2.43. The number of carbonyl (C=O) groups excluding carboxylic acids is 1. The third-order valence-corrected chi connectivity index (χ3v) is 4.28. The van der Waals surface area contributed by atoms with Gasteiger partial charge in [-0.2, -0.15) is 0 Å². The lowest BCUT2D eigenvalue weighted by Crippen LogP contribution is -2.54. The van der Waals surface area contributed by atoms with Crippen LogP contribution in [0.15, 0.2) is 0 Å². The number of nitrogens with zero attached hydrogens (tertiary/aromatic N) is 1. The Hall–Kier alpha value is -0.280. The Morgan fingerprint density at radius 1 is 1.39 bits per heavy atom. The average molecular weight is 277 g/mol. The summed E-state index contributed by atoms with van der Waals surface area (Å²) in [5.74, 6) is 0.861. The highest BCUT2D eigenvalue weighted by Gasteiger charge is 2.35. The first-order valence-electron chi connectivity index (χ1n) is 6.94. The molecule has 1 heterocycles. The van der Waals surface area contributed by atoms with Crippen molar-refractivity contribution in [3.63, 3.8) is 0 Å². The molecule has 1 amide bonds. The Kier molecular flexibility index (Phi) is 7.23. The molecule has 1 atom stereocenters. The van der Waals surface area contributed by atoms with Crippen molar-refractivity contribution in [2.75, 3.05) is 13.1 Å².